The highest BCUT2D eigenvalue weighted by atomic mass is 16.5. The molecule has 0 radical (unpaired) electrons. The number of hydrogen-bond acceptors (Lipinski definition) is 4. The maximum atomic E-state index is 12.4. The first-order valence-corrected chi connectivity index (χ1v) is 6.91. The Bertz CT molecular complexity index is 476. The molecule has 1 aliphatic rings. The van der Waals surface area contributed by atoms with Crippen molar-refractivity contribution in [2.24, 2.45) is 0 Å². The van der Waals surface area contributed by atoms with E-state index in [1.807, 2.05) is 26.0 Å². The lowest BCUT2D eigenvalue weighted by molar-refractivity contribution is 0.0580. The fraction of sp³-hybridized carbons (Fsp3) is 0.533. The summed E-state index contributed by atoms with van der Waals surface area (Å²) in [6, 6.07) is 6.97. The number of aliphatic hydroxyl groups excluding tert-OH is 1. The van der Waals surface area contributed by atoms with Gasteiger partial charge >= 0.3 is 0 Å². The number of hydrogen-bond donors (Lipinski definition) is 2. The van der Waals surface area contributed by atoms with Crippen molar-refractivity contribution in [2.75, 3.05) is 20.1 Å². The van der Waals surface area contributed by atoms with Crippen molar-refractivity contribution >= 4 is 5.91 Å². The molecule has 1 amide bonds. The molecule has 2 N–H and O–H groups in total. The second-order valence-corrected chi connectivity index (χ2v) is 5.40. The number of carbonyl (C=O) groups is 1. The van der Waals surface area contributed by atoms with Gasteiger partial charge in [-0.25, -0.2) is 0 Å². The fourth-order valence-electron chi connectivity index (χ4n) is 2.38. The number of aliphatic hydroxyl groups is 1. The van der Waals surface area contributed by atoms with E-state index in [4.69, 9.17) is 4.74 Å². The Hall–Kier alpha value is -1.59. The van der Waals surface area contributed by atoms with Crippen molar-refractivity contribution in [2.45, 2.75) is 32.1 Å². The van der Waals surface area contributed by atoms with Crippen LogP contribution < -0.4 is 10.1 Å². The summed E-state index contributed by atoms with van der Waals surface area (Å²) in [6.07, 6.45) is -0.446. The molecule has 0 saturated carbocycles. The van der Waals surface area contributed by atoms with E-state index >= 15 is 0 Å². The van der Waals surface area contributed by atoms with Crippen LogP contribution >= 0.6 is 0 Å². The van der Waals surface area contributed by atoms with Gasteiger partial charge < -0.3 is 20.1 Å². The molecule has 1 saturated heterocycles. The lowest BCUT2D eigenvalue weighted by Crippen LogP contribution is -2.44. The summed E-state index contributed by atoms with van der Waals surface area (Å²) in [4.78, 5) is 14.0. The molecule has 0 aliphatic carbocycles. The molecule has 5 nitrogen and oxygen atoms in total. The molecule has 0 bridgehead atoms. The van der Waals surface area contributed by atoms with E-state index in [-0.39, 0.29) is 18.1 Å². The molecule has 1 fully saturated rings. The fourth-order valence-corrected chi connectivity index (χ4v) is 2.38. The Morgan fingerprint density at radius 3 is 2.80 bits per heavy atom. The van der Waals surface area contributed by atoms with Crippen molar-refractivity contribution < 1.29 is 14.6 Å². The normalized spacial score (nSPS) is 22.1. The summed E-state index contributed by atoms with van der Waals surface area (Å²) in [6.45, 7) is 5.03. The third kappa shape index (κ3) is 3.29. The maximum Gasteiger partial charge on any atom is 0.254 e. The summed E-state index contributed by atoms with van der Waals surface area (Å²) < 4.78 is 5.60. The van der Waals surface area contributed by atoms with Crippen LogP contribution in [0.5, 0.6) is 5.75 Å². The topological polar surface area (TPSA) is 61.8 Å². The van der Waals surface area contributed by atoms with Crippen molar-refractivity contribution in [1.29, 1.82) is 0 Å². The molecule has 110 valence electrons. The number of rotatable bonds is 4. The number of nitrogens with one attached hydrogen (secondary N) is 1. The average Bonchev–Trinajstić information content (AvgIpc) is 2.83. The summed E-state index contributed by atoms with van der Waals surface area (Å²) in [5, 5.41) is 12.9. The predicted molar refractivity (Wildman–Crippen MR) is 77.0 cm³/mol. The second-order valence-electron chi connectivity index (χ2n) is 5.40. The third-order valence-corrected chi connectivity index (χ3v) is 3.42. The summed E-state index contributed by atoms with van der Waals surface area (Å²) in [5.41, 5.74) is 0.574. The van der Waals surface area contributed by atoms with Gasteiger partial charge in [0.1, 0.15) is 5.75 Å². The van der Waals surface area contributed by atoms with Crippen molar-refractivity contribution in [3.8, 4) is 5.75 Å². The zero-order valence-electron chi connectivity index (χ0n) is 12.2. The van der Waals surface area contributed by atoms with Crippen LogP contribution in [-0.4, -0.2) is 54.3 Å². The first kappa shape index (κ1) is 14.8. The quantitative estimate of drug-likeness (QED) is 0.858. The molecular weight excluding hydrogens is 256 g/mol. The minimum absolute atomic E-state index is 0.0685. The molecular formula is C15H22N2O3. The van der Waals surface area contributed by atoms with E-state index in [1.165, 1.54) is 0 Å². The average molecular weight is 278 g/mol. The molecule has 1 aromatic carbocycles. The monoisotopic (exact) mass is 278 g/mol. The van der Waals surface area contributed by atoms with Gasteiger partial charge in [-0.15, -0.1) is 0 Å². The lowest BCUT2D eigenvalue weighted by Gasteiger charge is -2.26. The standard InChI is InChI=1S/C15H22N2O3/c1-10(2)20-12-6-4-5-11(7-12)15(19)17(3)13-8-16-9-14(13)18/h4-7,10,13-14,16,18H,8-9H2,1-3H3/t13-,14-/m1/s1. The SMILES string of the molecule is CC(C)Oc1cccc(C(=O)N(C)[C@@H]2CNC[C@H]2O)c1. The van der Waals surface area contributed by atoms with Crippen LogP contribution in [0.1, 0.15) is 24.2 Å². The molecule has 5 heteroatoms. The largest absolute Gasteiger partial charge is 0.491 e. The number of likely N-dealkylation sites (N-methyl/N-ethyl adjacent to an activating group) is 1. The van der Waals surface area contributed by atoms with Gasteiger partial charge in [-0.2, -0.15) is 0 Å². The van der Waals surface area contributed by atoms with Crippen molar-refractivity contribution in [3.63, 3.8) is 0 Å². The Morgan fingerprint density at radius 2 is 2.20 bits per heavy atom. The summed E-state index contributed by atoms with van der Waals surface area (Å²) in [7, 11) is 1.72. The van der Waals surface area contributed by atoms with E-state index in [1.54, 1.807) is 24.1 Å². The van der Waals surface area contributed by atoms with E-state index in [9.17, 15) is 9.90 Å². The van der Waals surface area contributed by atoms with Crippen LogP contribution in [0.4, 0.5) is 0 Å². The number of nitrogens with zero attached hydrogens (tertiary/aromatic N) is 1. The van der Waals surface area contributed by atoms with Crippen LogP contribution in [0.25, 0.3) is 0 Å². The molecule has 2 rings (SSSR count). The van der Waals surface area contributed by atoms with Crippen molar-refractivity contribution in [3.05, 3.63) is 29.8 Å². The summed E-state index contributed by atoms with van der Waals surface area (Å²) in [5.74, 6) is 0.580. The third-order valence-electron chi connectivity index (χ3n) is 3.42. The van der Waals surface area contributed by atoms with Crippen LogP contribution in [0.15, 0.2) is 24.3 Å². The first-order chi connectivity index (χ1) is 9.49. The van der Waals surface area contributed by atoms with E-state index in [2.05, 4.69) is 5.32 Å². The van der Waals surface area contributed by atoms with E-state index in [0.29, 0.717) is 24.4 Å². The highest BCUT2D eigenvalue weighted by Gasteiger charge is 2.31. The van der Waals surface area contributed by atoms with Crippen LogP contribution in [0.2, 0.25) is 0 Å². The molecule has 0 spiro atoms. The zero-order valence-corrected chi connectivity index (χ0v) is 12.2. The Labute approximate surface area is 119 Å². The zero-order chi connectivity index (χ0) is 14.7. The Kier molecular flexibility index (Phi) is 4.62. The Morgan fingerprint density at radius 1 is 1.45 bits per heavy atom. The Balaban J connectivity index is 2.12. The predicted octanol–water partition coefficient (Wildman–Crippen LogP) is 0.878. The smallest absolute Gasteiger partial charge is 0.254 e. The van der Waals surface area contributed by atoms with Gasteiger partial charge in [0.05, 0.1) is 18.2 Å². The van der Waals surface area contributed by atoms with Crippen LogP contribution in [0.3, 0.4) is 0 Å². The minimum atomic E-state index is -0.515. The van der Waals surface area contributed by atoms with Gasteiger partial charge in [0, 0.05) is 25.7 Å². The summed E-state index contributed by atoms with van der Waals surface area (Å²) >= 11 is 0. The molecule has 1 aliphatic heterocycles. The van der Waals surface area contributed by atoms with Crippen LogP contribution in [-0.2, 0) is 0 Å². The number of carbonyl (C=O) groups excluding carboxylic acids is 1. The number of ether oxygens (including phenoxy) is 1. The van der Waals surface area contributed by atoms with Crippen molar-refractivity contribution in [1.82, 2.24) is 10.2 Å². The van der Waals surface area contributed by atoms with E-state index in [0.717, 1.165) is 0 Å². The highest BCUT2D eigenvalue weighted by molar-refractivity contribution is 5.94. The van der Waals surface area contributed by atoms with Gasteiger partial charge in [0.15, 0.2) is 0 Å². The number of amides is 1. The first-order valence-electron chi connectivity index (χ1n) is 6.91. The van der Waals surface area contributed by atoms with Gasteiger partial charge in [-0.05, 0) is 32.0 Å². The van der Waals surface area contributed by atoms with Gasteiger partial charge in [-0.3, -0.25) is 4.79 Å². The maximum absolute atomic E-state index is 12.4. The second kappa shape index (κ2) is 6.24. The van der Waals surface area contributed by atoms with Crippen LogP contribution in [0, 0.1) is 0 Å². The molecule has 0 unspecified atom stereocenters. The highest BCUT2D eigenvalue weighted by Crippen LogP contribution is 2.18. The number of benzene rings is 1. The number of β-amino-alcohol motifs (C(OH)–C–C–N with tert-alkyl or cyclic N) is 1. The molecule has 2 atom stereocenters. The molecule has 0 aromatic heterocycles. The van der Waals surface area contributed by atoms with Gasteiger partial charge in [-0.1, -0.05) is 6.07 Å². The lowest BCUT2D eigenvalue weighted by atomic mass is 10.1. The molecule has 20 heavy (non-hydrogen) atoms. The molecule has 1 aromatic rings. The minimum Gasteiger partial charge on any atom is -0.491 e. The van der Waals surface area contributed by atoms with Gasteiger partial charge in [0.25, 0.3) is 5.91 Å². The van der Waals surface area contributed by atoms with E-state index < -0.39 is 6.10 Å². The molecule has 1 heterocycles. The van der Waals surface area contributed by atoms with Gasteiger partial charge in [0.2, 0.25) is 0 Å².